The smallest absolute Gasteiger partial charge is 0.359 e. The summed E-state index contributed by atoms with van der Waals surface area (Å²) in [5.74, 6) is -0.197. The fraction of sp³-hybridized carbons (Fsp3) is 0.217. The number of benzene rings is 1. The van der Waals surface area contributed by atoms with E-state index in [-0.39, 0.29) is 12.2 Å². The highest BCUT2D eigenvalue weighted by molar-refractivity contribution is 5.90. The van der Waals surface area contributed by atoms with Crippen LogP contribution in [0.2, 0.25) is 0 Å². The van der Waals surface area contributed by atoms with Crippen LogP contribution in [-0.4, -0.2) is 25.7 Å². The zero-order chi connectivity index (χ0) is 21.5. The number of hydrogen-bond acceptors (Lipinski definition) is 6. The van der Waals surface area contributed by atoms with Gasteiger partial charge in [0, 0.05) is 28.3 Å². The molecule has 0 spiro atoms. The summed E-state index contributed by atoms with van der Waals surface area (Å²) in [6, 6.07) is 12.8. The molecule has 3 heterocycles. The Hall–Kier alpha value is -3.94. The van der Waals surface area contributed by atoms with E-state index >= 15 is 0 Å². The number of rotatable bonds is 4. The molecule has 3 aromatic heterocycles. The monoisotopic (exact) mass is 415 g/mol. The molecule has 0 amide bonds. The van der Waals surface area contributed by atoms with E-state index in [9.17, 15) is 9.59 Å². The van der Waals surface area contributed by atoms with Crippen LogP contribution in [0.4, 0.5) is 5.82 Å². The predicted octanol–water partition coefficient (Wildman–Crippen LogP) is 2.85. The zero-order valence-corrected chi connectivity index (χ0v) is 17.0. The maximum Gasteiger partial charge on any atom is 0.359 e. The van der Waals surface area contributed by atoms with Crippen LogP contribution in [0, 0.1) is 6.92 Å². The molecule has 0 atom stereocenters. The summed E-state index contributed by atoms with van der Waals surface area (Å²) in [4.78, 5) is 31.7. The molecule has 0 fully saturated rings. The lowest BCUT2D eigenvalue weighted by Crippen LogP contribution is -2.13. The van der Waals surface area contributed by atoms with Crippen LogP contribution in [0.5, 0.6) is 0 Å². The van der Waals surface area contributed by atoms with Gasteiger partial charge >= 0.3 is 5.97 Å². The number of pyridine rings is 2. The first-order valence-corrected chi connectivity index (χ1v) is 10.1. The first-order valence-electron chi connectivity index (χ1n) is 10.1. The van der Waals surface area contributed by atoms with Crippen LogP contribution in [0.3, 0.4) is 0 Å². The van der Waals surface area contributed by atoms with Crippen molar-refractivity contribution >= 4 is 22.8 Å². The normalized spacial score (nSPS) is 12.8. The number of aryl methyl sites for hydroxylation is 1. The standard InChI is InChI=1S/C23H21N5O3/c1-13-5-2-3-7-17(13)28-18-8-4-6-16(18)21(27-28)23(30)31-12-14-11-20(29)26-22-15(14)9-10-19(24)25-22/h2-3,5,7,9-11H,4,6,8,12H2,1H3,(H3,24,25,26,29). The second-order valence-corrected chi connectivity index (χ2v) is 7.69. The van der Waals surface area contributed by atoms with Gasteiger partial charge < -0.3 is 15.5 Å². The van der Waals surface area contributed by atoms with Crippen molar-refractivity contribution in [2.24, 2.45) is 0 Å². The molecule has 4 aromatic rings. The molecule has 0 unspecified atom stereocenters. The molecule has 0 saturated carbocycles. The Morgan fingerprint density at radius 3 is 2.90 bits per heavy atom. The zero-order valence-electron chi connectivity index (χ0n) is 17.0. The van der Waals surface area contributed by atoms with E-state index in [4.69, 9.17) is 10.5 Å². The molecule has 0 bridgehead atoms. The molecule has 0 aliphatic heterocycles. The highest BCUT2D eigenvalue weighted by Gasteiger charge is 2.28. The summed E-state index contributed by atoms with van der Waals surface area (Å²) in [6.45, 7) is 1.96. The predicted molar refractivity (Wildman–Crippen MR) is 116 cm³/mol. The highest BCUT2D eigenvalue weighted by Crippen LogP contribution is 2.29. The van der Waals surface area contributed by atoms with Gasteiger partial charge in [-0.25, -0.2) is 14.5 Å². The molecule has 8 heteroatoms. The largest absolute Gasteiger partial charge is 0.456 e. The van der Waals surface area contributed by atoms with Crippen molar-refractivity contribution in [2.45, 2.75) is 32.8 Å². The van der Waals surface area contributed by atoms with Gasteiger partial charge in [0.2, 0.25) is 5.56 Å². The minimum atomic E-state index is -0.498. The number of esters is 1. The van der Waals surface area contributed by atoms with Crippen molar-refractivity contribution < 1.29 is 9.53 Å². The van der Waals surface area contributed by atoms with Gasteiger partial charge in [-0.05, 0) is 49.9 Å². The Labute approximate surface area is 177 Å². The molecule has 1 aromatic carbocycles. The Morgan fingerprint density at radius 1 is 1.23 bits per heavy atom. The number of carbonyl (C=O) groups is 1. The Kier molecular flexibility index (Phi) is 4.54. The van der Waals surface area contributed by atoms with Crippen LogP contribution in [0.25, 0.3) is 16.7 Å². The van der Waals surface area contributed by atoms with Crippen LogP contribution < -0.4 is 11.3 Å². The highest BCUT2D eigenvalue weighted by atomic mass is 16.5. The van der Waals surface area contributed by atoms with Gasteiger partial charge in [0.15, 0.2) is 5.69 Å². The molecule has 31 heavy (non-hydrogen) atoms. The number of nitrogens with two attached hydrogens (primary N) is 1. The number of carbonyl (C=O) groups excluding carboxylic acids is 1. The van der Waals surface area contributed by atoms with Gasteiger partial charge in [-0.15, -0.1) is 0 Å². The van der Waals surface area contributed by atoms with Gasteiger partial charge in [0.05, 0.1) is 5.69 Å². The Morgan fingerprint density at radius 2 is 2.06 bits per heavy atom. The maximum atomic E-state index is 13.0. The molecule has 8 nitrogen and oxygen atoms in total. The third-order valence-corrected chi connectivity index (χ3v) is 5.64. The summed E-state index contributed by atoms with van der Waals surface area (Å²) in [6.07, 6.45) is 2.64. The van der Waals surface area contributed by atoms with Crippen molar-refractivity contribution in [1.29, 1.82) is 0 Å². The van der Waals surface area contributed by atoms with E-state index in [0.29, 0.717) is 28.1 Å². The maximum absolute atomic E-state index is 13.0. The number of H-pyrrole nitrogens is 1. The van der Waals surface area contributed by atoms with Crippen molar-refractivity contribution in [1.82, 2.24) is 19.7 Å². The fourth-order valence-electron chi connectivity index (χ4n) is 4.15. The summed E-state index contributed by atoms with van der Waals surface area (Å²) in [7, 11) is 0. The lowest BCUT2D eigenvalue weighted by molar-refractivity contribution is 0.0465. The van der Waals surface area contributed by atoms with Gasteiger partial charge in [-0.3, -0.25) is 4.79 Å². The number of aromatic amines is 1. The van der Waals surface area contributed by atoms with Gasteiger partial charge in [-0.1, -0.05) is 18.2 Å². The number of para-hydroxylation sites is 1. The van der Waals surface area contributed by atoms with Crippen molar-refractivity contribution in [3.8, 4) is 5.69 Å². The number of nitrogen functional groups attached to an aromatic ring is 1. The molecule has 3 N–H and O–H groups in total. The summed E-state index contributed by atoms with van der Waals surface area (Å²) < 4.78 is 7.45. The second kappa shape index (κ2) is 7.39. The lowest BCUT2D eigenvalue weighted by atomic mass is 10.1. The van der Waals surface area contributed by atoms with E-state index in [0.717, 1.165) is 41.8 Å². The third kappa shape index (κ3) is 3.35. The summed E-state index contributed by atoms with van der Waals surface area (Å²) in [5, 5.41) is 5.29. The molecule has 1 aliphatic rings. The number of fused-ring (bicyclic) bond motifs is 2. The topological polar surface area (TPSA) is 116 Å². The van der Waals surface area contributed by atoms with Gasteiger partial charge in [0.1, 0.15) is 18.1 Å². The van der Waals surface area contributed by atoms with E-state index in [1.54, 1.807) is 12.1 Å². The number of ether oxygens (including phenoxy) is 1. The average Bonchev–Trinajstić information content (AvgIpc) is 3.35. The minimum Gasteiger partial charge on any atom is -0.456 e. The first kappa shape index (κ1) is 19.0. The molecular weight excluding hydrogens is 394 g/mol. The van der Waals surface area contributed by atoms with Crippen LogP contribution in [0.1, 0.15) is 39.3 Å². The SMILES string of the molecule is Cc1ccccc1-n1nc(C(=O)OCc2cc(=O)[nH]c3nc(N)ccc23)c2c1CCC2. The van der Waals surface area contributed by atoms with Crippen molar-refractivity contribution in [3.05, 3.63) is 80.9 Å². The Bertz CT molecular complexity index is 1390. The third-order valence-electron chi connectivity index (χ3n) is 5.64. The number of anilines is 1. The van der Waals surface area contributed by atoms with Crippen LogP contribution >= 0.6 is 0 Å². The average molecular weight is 415 g/mol. The van der Waals surface area contributed by atoms with Crippen LogP contribution in [0.15, 0.2) is 47.3 Å². The van der Waals surface area contributed by atoms with Crippen molar-refractivity contribution in [3.63, 3.8) is 0 Å². The molecule has 0 saturated heterocycles. The molecular formula is C23H21N5O3. The second-order valence-electron chi connectivity index (χ2n) is 7.69. The van der Waals surface area contributed by atoms with E-state index in [1.165, 1.54) is 6.07 Å². The molecule has 0 radical (unpaired) electrons. The van der Waals surface area contributed by atoms with Crippen molar-refractivity contribution in [2.75, 3.05) is 5.73 Å². The molecule has 156 valence electrons. The first-order chi connectivity index (χ1) is 15.0. The molecule has 5 rings (SSSR count). The fourth-order valence-corrected chi connectivity index (χ4v) is 4.15. The van der Waals surface area contributed by atoms with E-state index in [1.807, 2.05) is 35.9 Å². The quantitative estimate of drug-likeness (QED) is 0.495. The van der Waals surface area contributed by atoms with E-state index < -0.39 is 5.97 Å². The number of aromatic nitrogens is 4. The number of hydrogen-bond donors (Lipinski definition) is 2. The number of nitrogens with one attached hydrogen (secondary N) is 1. The Balaban J connectivity index is 1.46. The van der Waals surface area contributed by atoms with Gasteiger partial charge in [0.25, 0.3) is 0 Å². The van der Waals surface area contributed by atoms with Crippen LogP contribution in [-0.2, 0) is 24.2 Å². The minimum absolute atomic E-state index is 0.0587. The summed E-state index contributed by atoms with van der Waals surface area (Å²) >= 11 is 0. The number of nitrogens with zero attached hydrogens (tertiary/aromatic N) is 3. The van der Waals surface area contributed by atoms with E-state index in [2.05, 4.69) is 15.1 Å². The summed E-state index contributed by atoms with van der Waals surface area (Å²) in [5.41, 5.74) is 10.7. The lowest BCUT2D eigenvalue weighted by Gasteiger charge is -2.09. The van der Waals surface area contributed by atoms with Gasteiger partial charge in [-0.2, -0.15) is 5.10 Å². The molecule has 1 aliphatic carbocycles.